The van der Waals surface area contributed by atoms with Gasteiger partial charge in [0.25, 0.3) is 0 Å². The number of ether oxygens (including phenoxy) is 1. The van der Waals surface area contributed by atoms with Crippen LogP contribution < -0.4 is 10.2 Å². The Morgan fingerprint density at radius 2 is 1.77 bits per heavy atom. The Labute approximate surface area is 280 Å². The molecule has 2 fully saturated rings. The molecule has 13 heteroatoms. The minimum atomic E-state index is -0.816. The van der Waals surface area contributed by atoms with Crippen LogP contribution in [0.5, 0.6) is 0 Å². The molecule has 4 atom stereocenters. The summed E-state index contributed by atoms with van der Waals surface area (Å²) in [5.74, 6) is -0.462. The van der Waals surface area contributed by atoms with Gasteiger partial charge in [0, 0.05) is 45.2 Å². The molecule has 3 aromatic rings. The average Bonchev–Trinajstić information content (AvgIpc) is 3.76. The third-order valence-corrected chi connectivity index (χ3v) is 9.63. The van der Waals surface area contributed by atoms with Crippen molar-refractivity contribution in [3.05, 3.63) is 52.9 Å². The lowest BCUT2D eigenvalue weighted by Crippen LogP contribution is -2.50. The summed E-state index contributed by atoms with van der Waals surface area (Å²) in [7, 11) is 0. The monoisotopic (exact) mass is 666 g/mol. The number of hydrogen-bond donors (Lipinski definition) is 2. The summed E-state index contributed by atoms with van der Waals surface area (Å²) in [5.41, 5.74) is 4.24. The standard InChI is InChI=1S/C34H46N6O6S/c1-20(2)29(27-17-28(37-46-27)38-12-14-39(15-13-38)33(44)45-34(5,6)7)32(43)40-18-25(41)16-26(40)31(42)36-21(3)23-8-10-24(11-9-23)30-22(4)35-19-47-30/h8-11,17,19-21,25-26,29,41H,12-16,18H2,1-7H3,(H,36,42)/t21-,25+,26-,29?/m0/s1. The van der Waals surface area contributed by atoms with Gasteiger partial charge >= 0.3 is 6.09 Å². The van der Waals surface area contributed by atoms with E-state index in [1.807, 2.05) is 83.1 Å². The number of nitrogens with one attached hydrogen (secondary N) is 1. The SMILES string of the molecule is Cc1ncsc1-c1ccc([C@H](C)NC(=O)[C@@H]2C[C@@H](O)CN2C(=O)C(c2cc(N3CCN(C(=O)OC(C)(C)C)CC3)no2)C(C)C)cc1. The van der Waals surface area contributed by atoms with Crippen molar-refractivity contribution in [3.63, 3.8) is 0 Å². The van der Waals surface area contributed by atoms with Crippen molar-refractivity contribution in [1.82, 2.24) is 25.3 Å². The molecule has 0 saturated carbocycles. The molecule has 0 spiro atoms. The van der Waals surface area contributed by atoms with E-state index in [9.17, 15) is 19.5 Å². The largest absolute Gasteiger partial charge is 0.444 e. The number of thiazole rings is 1. The molecular formula is C34H46N6O6S. The lowest BCUT2D eigenvalue weighted by Gasteiger charge is -2.35. The predicted octanol–water partition coefficient (Wildman–Crippen LogP) is 4.74. The number of nitrogens with zero attached hydrogens (tertiary/aromatic N) is 5. The smallest absolute Gasteiger partial charge is 0.410 e. The normalized spacial score (nSPS) is 20.0. The van der Waals surface area contributed by atoms with Crippen LogP contribution in [0.3, 0.4) is 0 Å². The number of hydrogen-bond acceptors (Lipinski definition) is 10. The summed E-state index contributed by atoms with van der Waals surface area (Å²) < 4.78 is 11.2. The van der Waals surface area contributed by atoms with Crippen molar-refractivity contribution in [3.8, 4) is 10.4 Å². The fourth-order valence-electron chi connectivity index (χ4n) is 6.13. The Balaban J connectivity index is 1.23. The maximum absolute atomic E-state index is 14.1. The van der Waals surface area contributed by atoms with Crippen LogP contribution in [-0.4, -0.2) is 93.4 Å². The van der Waals surface area contributed by atoms with E-state index >= 15 is 0 Å². The van der Waals surface area contributed by atoms with E-state index in [4.69, 9.17) is 9.26 Å². The molecule has 5 rings (SSSR count). The molecule has 0 bridgehead atoms. The molecule has 2 saturated heterocycles. The first-order valence-electron chi connectivity index (χ1n) is 16.2. The minimum absolute atomic E-state index is 0.0606. The van der Waals surface area contributed by atoms with E-state index in [1.165, 1.54) is 4.90 Å². The van der Waals surface area contributed by atoms with Gasteiger partial charge in [-0.05, 0) is 51.7 Å². The molecule has 0 aliphatic carbocycles. The Kier molecular flexibility index (Phi) is 10.3. The van der Waals surface area contributed by atoms with Crippen molar-refractivity contribution < 1.29 is 28.8 Å². The van der Waals surface area contributed by atoms with Crippen LogP contribution in [0.15, 0.2) is 40.4 Å². The molecule has 47 heavy (non-hydrogen) atoms. The number of likely N-dealkylation sites (tertiary alicyclic amines) is 1. The van der Waals surface area contributed by atoms with Gasteiger partial charge in [-0.2, -0.15) is 0 Å². The second kappa shape index (κ2) is 14.0. The molecule has 2 aliphatic rings. The first-order valence-corrected chi connectivity index (χ1v) is 17.1. The van der Waals surface area contributed by atoms with Crippen molar-refractivity contribution in [2.75, 3.05) is 37.6 Å². The van der Waals surface area contributed by atoms with Crippen LogP contribution in [0.4, 0.5) is 10.6 Å². The summed E-state index contributed by atoms with van der Waals surface area (Å²) in [6.07, 6.45) is -1.00. The summed E-state index contributed by atoms with van der Waals surface area (Å²) in [6, 6.07) is 8.67. The van der Waals surface area contributed by atoms with Crippen molar-refractivity contribution >= 4 is 35.1 Å². The van der Waals surface area contributed by atoms with Crippen molar-refractivity contribution in [2.24, 2.45) is 5.92 Å². The minimum Gasteiger partial charge on any atom is -0.444 e. The quantitative estimate of drug-likeness (QED) is 0.349. The highest BCUT2D eigenvalue weighted by atomic mass is 32.1. The molecular weight excluding hydrogens is 620 g/mol. The lowest BCUT2D eigenvalue weighted by atomic mass is 9.91. The number of rotatable bonds is 8. The zero-order chi connectivity index (χ0) is 34.0. The second-order valence-electron chi connectivity index (χ2n) is 13.8. The van der Waals surface area contributed by atoms with Gasteiger partial charge in [0.1, 0.15) is 17.6 Å². The summed E-state index contributed by atoms with van der Waals surface area (Å²) >= 11 is 1.59. The van der Waals surface area contributed by atoms with Crippen molar-refractivity contribution in [1.29, 1.82) is 0 Å². The maximum Gasteiger partial charge on any atom is 0.410 e. The Hall–Kier alpha value is -3.97. The molecule has 1 unspecified atom stereocenters. The van der Waals surface area contributed by atoms with Crippen LogP contribution in [0, 0.1) is 12.8 Å². The number of amides is 3. The molecule has 2 aliphatic heterocycles. The highest BCUT2D eigenvalue weighted by Gasteiger charge is 2.43. The van der Waals surface area contributed by atoms with E-state index in [0.29, 0.717) is 37.8 Å². The van der Waals surface area contributed by atoms with Crippen molar-refractivity contribution in [2.45, 2.75) is 84.6 Å². The molecule has 2 N–H and O–H groups in total. The number of carbonyl (C=O) groups is 3. The van der Waals surface area contributed by atoms with E-state index < -0.39 is 23.7 Å². The van der Waals surface area contributed by atoms with Gasteiger partial charge in [-0.25, -0.2) is 9.78 Å². The van der Waals surface area contributed by atoms with Gasteiger partial charge in [0.05, 0.1) is 28.2 Å². The van der Waals surface area contributed by atoms with Crippen LogP contribution in [-0.2, 0) is 14.3 Å². The molecule has 4 heterocycles. The predicted molar refractivity (Wildman–Crippen MR) is 179 cm³/mol. The highest BCUT2D eigenvalue weighted by Crippen LogP contribution is 2.33. The first-order chi connectivity index (χ1) is 22.2. The van der Waals surface area contributed by atoms with E-state index in [-0.39, 0.29) is 42.8 Å². The molecule has 2 aromatic heterocycles. The third-order valence-electron chi connectivity index (χ3n) is 8.65. The van der Waals surface area contributed by atoms with Gasteiger partial charge in [-0.1, -0.05) is 43.3 Å². The topological polar surface area (TPSA) is 141 Å². The zero-order valence-electron chi connectivity index (χ0n) is 28.2. The maximum atomic E-state index is 14.1. The van der Waals surface area contributed by atoms with Gasteiger partial charge < -0.3 is 34.4 Å². The van der Waals surface area contributed by atoms with E-state index in [2.05, 4.69) is 15.5 Å². The summed E-state index contributed by atoms with van der Waals surface area (Å²) in [4.78, 5) is 50.7. The number of aryl methyl sites for hydroxylation is 1. The molecule has 3 amide bonds. The van der Waals surface area contributed by atoms with E-state index in [1.54, 1.807) is 22.3 Å². The fraction of sp³-hybridized carbons (Fsp3) is 0.559. The van der Waals surface area contributed by atoms with Gasteiger partial charge in [0.15, 0.2) is 11.6 Å². The fourth-order valence-corrected chi connectivity index (χ4v) is 6.95. The van der Waals surface area contributed by atoms with Crippen LogP contribution >= 0.6 is 11.3 Å². The molecule has 12 nitrogen and oxygen atoms in total. The summed E-state index contributed by atoms with van der Waals surface area (Å²) in [6.45, 7) is 15.3. The number of benzene rings is 1. The Morgan fingerprint density at radius 1 is 1.09 bits per heavy atom. The Morgan fingerprint density at radius 3 is 2.36 bits per heavy atom. The second-order valence-corrected chi connectivity index (χ2v) is 14.6. The molecule has 0 radical (unpaired) electrons. The average molecular weight is 667 g/mol. The number of β-amino-alcohol motifs (C(OH)–C–C–N with tert-alkyl or cyclic N) is 1. The number of aromatic nitrogens is 2. The summed E-state index contributed by atoms with van der Waals surface area (Å²) in [5, 5.41) is 17.9. The number of aliphatic hydroxyl groups excluding tert-OH is 1. The number of piperazine rings is 1. The van der Waals surface area contributed by atoms with Crippen LogP contribution in [0.2, 0.25) is 0 Å². The molecule has 1 aromatic carbocycles. The van der Waals surface area contributed by atoms with Crippen LogP contribution in [0.1, 0.15) is 76.9 Å². The van der Waals surface area contributed by atoms with Gasteiger partial charge in [0.2, 0.25) is 11.8 Å². The van der Waals surface area contributed by atoms with Gasteiger partial charge in [-0.3, -0.25) is 9.59 Å². The lowest BCUT2D eigenvalue weighted by molar-refractivity contribution is -0.141. The van der Waals surface area contributed by atoms with Gasteiger partial charge in [-0.15, -0.1) is 11.3 Å². The number of aliphatic hydroxyl groups is 1. The van der Waals surface area contributed by atoms with Crippen LogP contribution in [0.25, 0.3) is 10.4 Å². The third kappa shape index (κ3) is 7.95. The number of carbonyl (C=O) groups excluding carboxylic acids is 3. The zero-order valence-corrected chi connectivity index (χ0v) is 29.0. The first kappa shape index (κ1) is 34.4. The van der Waals surface area contributed by atoms with E-state index in [0.717, 1.165) is 21.7 Å². The molecule has 254 valence electrons. The number of anilines is 1. The Bertz CT molecular complexity index is 1560. The highest BCUT2D eigenvalue weighted by molar-refractivity contribution is 7.13.